The smallest absolute Gasteiger partial charge is 0.252 e. The lowest BCUT2D eigenvalue weighted by atomic mass is 10.2. The molecule has 7 heteroatoms. The Balaban J connectivity index is 1.42. The number of nitrogens with one attached hydrogen (secondary N) is 1. The molecule has 112 valence electrons. The summed E-state index contributed by atoms with van der Waals surface area (Å²) in [5.41, 5.74) is 1.05. The maximum absolute atomic E-state index is 11.6. The van der Waals surface area contributed by atoms with Crippen LogP contribution in [0, 0.1) is 0 Å². The van der Waals surface area contributed by atoms with Gasteiger partial charge in [-0.1, -0.05) is 0 Å². The van der Waals surface area contributed by atoms with Crippen LogP contribution in [0.5, 0.6) is 0 Å². The van der Waals surface area contributed by atoms with E-state index < -0.39 is 0 Å². The van der Waals surface area contributed by atoms with Gasteiger partial charge in [0.1, 0.15) is 12.1 Å². The summed E-state index contributed by atoms with van der Waals surface area (Å²) >= 11 is 0. The van der Waals surface area contributed by atoms with E-state index in [0.29, 0.717) is 18.1 Å². The minimum atomic E-state index is -0.138. The molecule has 0 aromatic carbocycles. The molecule has 0 aliphatic carbocycles. The fourth-order valence-corrected chi connectivity index (χ4v) is 1.99. The Hall–Kier alpha value is -2.96. The standard InChI is InChI=1S/C15H15N5O2/c21-14(6-5-13-4-2-8-22-13)16-7-1-3-12-9-17-15-18-11-19-20(15)10-12/h2,4-6,8-11H,1,3,7H2,(H,16,21)/b6-5+. The topological polar surface area (TPSA) is 85.3 Å². The summed E-state index contributed by atoms with van der Waals surface area (Å²) < 4.78 is 6.75. The van der Waals surface area contributed by atoms with Gasteiger partial charge in [0.15, 0.2) is 0 Å². The van der Waals surface area contributed by atoms with Crippen LogP contribution in [0.15, 0.2) is 47.6 Å². The lowest BCUT2D eigenvalue weighted by Gasteiger charge is -2.03. The number of fused-ring (bicyclic) bond motifs is 1. The molecule has 3 aromatic heterocycles. The second kappa shape index (κ2) is 6.66. The summed E-state index contributed by atoms with van der Waals surface area (Å²) in [7, 11) is 0. The van der Waals surface area contributed by atoms with E-state index in [1.807, 2.05) is 6.20 Å². The zero-order valence-electron chi connectivity index (χ0n) is 11.8. The molecule has 0 bridgehead atoms. The van der Waals surface area contributed by atoms with Crippen LogP contribution in [0.4, 0.5) is 0 Å². The van der Waals surface area contributed by atoms with Gasteiger partial charge in [-0.05, 0) is 36.6 Å². The van der Waals surface area contributed by atoms with Crippen molar-refractivity contribution in [2.24, 2.45) is 0 Å². The average molecular weight is 297 g/mol. The van der Waals surface area contributed by atoms with Crippen molar-refractivity contribution >= 4 is 17.8 Å². The molecule has 0 aliphatic heterocycles. The Morgan fingerprint density at radius 1 is 1.41 bits per heavy atom. The number of nitrogens with zero attached hydrogens (tertiary/aromatic N) is 4. The van der Waals surface area contributed by atoms with Crippen molar-refractivity contribution in [2.45, 2.75) is 12.8 Å². The third-order valence-corrected chi connectivity index (χ3v) is 3.07. The highest BCUT2D eigenvalue weighted by Gasteiger charge is 2.00. The van der Waals surface area contributed by atoms with Crippen molar-refractivity contribution in [1.29, 1.82) is 0 Å². The largest absolute Gasteiger partial charge is 0.465 e. The predicted octanol–water partition coefficient (Wildman–Crippen LogP) is 1.48. The number of amides is 1. The summed E-state index contributed by atoms with van der Waals surface area (Å²) in [6.07, 6.45) is 11.4. The second-order valence-corrected chi connectivity index (χ2v) is 4.71. The van der Waals surface area contributed by atoms with Crippen molar-refractivity contribution in [2.75, 3.05) is 6.54 Å². The number of aryl methyl sites for hydroxylation is 1. The van der Waals surface area contributed by atoms with E-state index in [1.165, 1.54) is 12.4 Å². The van der Waals surface area contributed by atoms with Crippen LogP contribution in [-0.4, -0.2) is 32.0 Å². The van der Waals surface area contributed by atoms with E-state index in [0.717, 1.165) is 18.4 Å². The van der Waals surface area contributed by atoms with Crippen molar-refractivity contribution in [3.63, 3.8) is 0 Å². The third-order valence-electron chi connectivity index (χ3n) is 3.07. The van der Waals surface area contributed by atoms with Crippen LogP contribution < -0.4 is 5.32 Å². The molecule has 0 spiro atoms. The van der Waals surface area contributed by atoms with Gasteiger partial charge in [-0.15, -0.1) is 0 Å². The van der Waals surface area contributed by atoms with E-state index in [9.17, 15) is 4.79 Å². The Labute approximate surface area is 126 Å². The third kappa shape index (κ3) is 3.57. The molecule has 0 atom stereocenters. The summed E-state index contributed by atoms with van der Waals surface area (Å²) in [5.74, 6) is 1.10. The summed E-state index contributed by atoms with van der Waals surface area (Å²) in [6.45, 7) is 0.594. The molecule has 0 fully saturated rings. The predicted molar refractivity (Wildman–Crippen MR) is 79.9 cm³/mol. The summed E-state index contributed by atoms with van der Waals surface area (Å²) in [4.78, 5) is 19.8. The molecule has 0 unspecified atom stereocenters. The van der Waals surface area contributed by atoms with Gasteiger partial charge in [0.2, 0.25) is 5.91 Å². The van der Waals surface area contributed by atoms with Crippen LogP contribution >= 0.6 is 0 Å². The first-order chi connectivity index (χ1) is 10.8. The van der Waals surface area contributed by atoms with Crippen molar-refractivity contribution in [3.8, 4) is 0 Å². The second-order valence-electron chi connectivity index (χ2n) is 4.71. The molecule has 0 saturated carbocycles. The monoisotopic (exact) mass is 297 g/mol. The van der Waals surface area contributed by atoms with Gasteiger partial charge < -0.3 is 9.73 Å². The van der Waals surface area contributed by atoms with Gasteiger partial charge in [-0.3, -0.25) is 4.79 Å². The molecule has 22 heavy (non-hydrogen) atoms. The summed E-state index contributed by atoms with van der Waals surface area (Å²) in [5, 5.41) is 6.86. The van der Waals surface area contributed by atoms with E-state index in [4.69, 9.17) is 4.42 Å². The van der Waals surface area contributed by atoms with Gasteiger partial charge in [0.05, 0.1) is 6.26 Å². The Morgan fingerprint density at radius 3 is 3.23 bits per heavy atom. The van der Waals surface area contributed by atoms with E-state index in [1.54, 1.807) is 35.2 Å². The zero-order chi connectivity index (χ0) is 15.2. The molecular formula is C15H15N5O2. The van der Waals surface area contributed by atoms with Crippen molar-refractivity contribution in [3.05, 3.63) is 54.5 Å². The number of hydrogen-bond donors (Lipinski definition) is 1. The van der Waals surface area contributed by atoms with Gasteiger partial charge in [0.25, 0.3) is 5.78 Å². The number of aromatic nitrogens is 4. The highest BCUT2D eigenvalue weighted by molar-refractivity contribution is 5.91. The maximum atomic E-state index is 11.6. The molecule has 3 rings (SSSR count). The molecule has 1 N–H and O–H groups in total. The SMILES string of the molecule is O=C(/C=C/c1ccco1)NCCCc1cnc2ncnn2c1. The molecule has 3 heterocycles. The Kier molecular flexibility index (Phi) is 4.24. The molecule has 1 amide bonds. The van der Waals surface area contributed by atoms with Crippen LogP contribution in [-0.2, 0) is 11.2 Å². The van der Waals surface area contributed by atoms with Crippen LogP contribution in [0.1, 0.15) is 17.7 Å². The van der Waals surface area contributed by atoms with Crippen LogP contribution in [0.25, 0.3) is 11.9 Å². The first kappa shape index (κ1) is 14.0. The van der Waals surface area contributed by atoms with E-state index in [-0.39, 0.29) is 5.91 Å². The van der Waals surface area contributed by atoms with Crippen molar-refractivity contribution < 1.29 is 9.21 Å². The van der Waals surface area contributed by atoms with E-state index in [2.05, 4.69) is 20.4 Å². The number of carbonyl (C=O) groups is 1. The quantitative estimate of drug-likeness (QED) is 0.550. The van der Waals surface area contributed by atoms with Gasteiger partial charge in [-0.2, -0.15) is 10.1 Å². The minimum absolute atomic E-state index is 0.138. The number of furan rings is 1. The lowest BCUT2D eigenvalue weighted by molar-refractivity contribution is -0.116. The molecule has 0 aliphatic rings. The molecule has 0 radical (unpaired) electrons. The van der Waals surface area contributed by atoms with Gasteiger partial charge in [0, 0.05) is 25.0 Å². The normalized spacial score (nSPS) is 11.3. The Morgan fingerprint density at radius 2 is 2.36 bits per heavy atom. The molecule has 0 saturated heterocycles. The number of carbonyl (C=O) groups excluding carboxylic acids is 1. The van der Waals surface area contributed by atoms with Gasteiger partial charge in [-0.25, -0.2) is 9.50 Å². The zero-order valence-corrected chi connectivity index (χ0v) is 11.8. The number of hydrogen-bond acceptors (Lipinski definition) is 5. The highest BCUT2D eigenvalue weighted by atomic mass is 16.3. The van der Waals surface area contributed by atoms with Crippen LogP contribution in [0.2, 0.25) is 0 Å². The molecule has 3 aromatic rings. The fourth-order valence-electron chi connectivity index (χ4n) is 1.99. The van der Waals surface area contributed by atoms with Crippen molar-refractivity contribution in [1.82, 2.24) is 24.9 Å². The van der Waals surface area contributed by atoms with E-state index >= 15 is 0 Å². The van der Waals surface area contributed by atoms with Crippen LogP contribution in [0.3, 0.4) is 0 Å². The minimum Gasteiger partial charge on any atom is -0.465 e. The molecule has 7 nitrogen and oxygen atoms in total. The number of rotatable bonds is 6. The summed E-state index contributed by atoms with van der Waals surface area (Å²) in [6, 6.07) is 3.56. The average Bonchev–Trinajstić information content (AvgIpc) is 3.20. The molecular weight excluding hydrogens is 282 g/mol. The fraction of sp³-hybridized carbons (Fsp3) is 0.200. The first-order valence-corrected chi connectivity index (χ1v) is 6.95. The maximum Gasteiger partial charge on any atom is 0.252 e. The Bertz CT molecular complexity index is 776. The lowest BCUT2D eigenvalue weighted by Crippen LogP contribution is -2.22. The van der Waals surface area contributed by atoms with Gasteiger partial charge >= 0.3 is 0 Å². The highest BCUT2D eigenvalue weighted by Crippen LogP contribution is 2.03. The first-order valence-electron chi connectivity index (χ1n) is 6.95.